The van der Waals surface area contributed by atoms with Crippen LogP contribution in [0.3, 0.4) is 0 Å². The minimum absolute atomic E-state index is 0. The van der Waals surface area contributed by atoms with Gasteiger partial charge in [-0.25, -0.2) is 0 Å². The molecule has 0 aliphatic carbocycles. The summed E-state index contributed by atoms with van der Waals surface area (Å²) in [4.78, 5) is 34.4. The van der Waals surface area contributed by atoms with Crippen LogP contribution in [0.25, 0.3) is 0 Å². The third-order valence-corrected chi connectivity index (χ3v) is 9.85. The van der Waals surface area contributed by atoms with Crippen LogP contribution in [0.5, 0.6) is 5.75 Å². The highest BCUT2D eigenvalue weighted by molar-refractivity contribution is 5.86. The zero-order chi connectivity index (χ0) is 26.8. The molecule has 3 atom stereocenters. The van der Waals surface area contributed by atoms with Gasteiger partial charge in [0, 0.05) is 51.1 Å². The van der Waals surface area contributed by atoms with Crippen molar-refractivity contribution in [1.29, 1.82) is 0 Å². The number of nitrogens with zero attached hydrogens (tertiary/aromatic N) is 3. The summed E-state index contributed by atoms with van der Waals surface area (Å²) >= 11 is 0. The Morgan fingerprint density at radius 2 is 1.62 bits per heavy atom. The van der Waals surface area contributed by atoms with Gasteiger partial charge in [0.1, 0.15) is 5.75 Å². The smallest absolute Gasteiger partial charge is 0.240 e. The molecule has 1 unspecified atom stereocenters. The van der Waals surface area contributed by atoms with Gasteiger partial charge in [0.15, 0.2) is 0 Å². The highest BCUT2D eigenvalue weighted by Crippen LogP contribution is 2.44. The summed E-state index contributed by atoms with van der Waals surface area (Å²) in [6.07, 6.45) is 4.80. The Morgan fingerprint density at radius 1 is 0.950 bits per heavy atom. The molecule has 40 heavy (non-hydrogen) atoms. The molecule has 1 spiro atoms. The van der Waals surface area contributed by atoms with Gasteiger partial charge in [-0.3, -0.25) is 14.5 Å². The van der Waals surface area contributed by atoms with E-state index < -0.39 is 0 Å². The maximum absolute atomic E-state index is 14.1. The molecular weight excluding hydrogens is 524 g/mol. The Hall–Kier alpha value is -2.61. The number of ether oxygens (including phenoxy) is 1. The van der Waals surface area contributed by atoms with Crippen molar-refractivity contribution in [3.63, 3.8) is 0 Å². The van der Waals surface area contributed by atoms with Crippen molar-refractivity contribution in [3.05, 3.63) is 65.7 Å². The maximum atomic E-state index is 14.1. The number of carbonyl (C=O) groups is 2. The predicted octanol–water partition coefficient (Wildman–Crippen LogP) is 3.93. The van der Waals surface area contributed by atoms with Crippen LogP contribution in [0.15, 0.2) is 54.6 Å². The largest absolute Gasteiger partial charge is 0.497 e. The second-order valence-electron chi connectivity index (χ2n) is 12.0. The molecular formula is C32H43ClN4O3. The lowest BCUT2D eigenvalue weighted by Crippen LogP contribution is -2.57. The highest BCUT2D eigenvalue weighted by Gasteiger charge is 2.51. The summed E-state index contributed by atoms with van der Waals surface area (Å²) in [7, 11) is 1.67. The van der Waals surface area contributed by atoms with Crippen LogP contribution < -0.4 is 10.1 Å². The first kappa shape index (κ1) is 28.9. The SMILES string of the molecule is COc1ccc(CN2CCC3(CCN(C(C(=O)N4CCCC4)[C@@H]4CNC[C@@H]4c4ccccc4)CC3)C2=O)cc1.Cl. The van der Waals surface area contributed by atoms with E-state index in [-0.39, 0.29) is 29.8 Å². The standard InChI is InChI=1S/C32H42N4O3.ClH/c1-39-26-11-9-24(10-12-26)23-36-20-15-32(31(36)38)13-18-34(19-14-32)29(30(37)35-16-5-6-17-35)28-22-33-21-27(28)25-7-3-2-4-8-25;/h2-4,7-12,27-29,33H,5-6,13-23H2,1H3;1H/t27-,28-,29?;/m1./s1. The molecule has 4 fully saturated rings. The van der Waals surface area contributed by atoms with Gasteiger partial charge in [-0.15, -0.1) is 12.4 Å². The van der Waals surface area contributed by atoms with E-state index in [0.717, 1.165) is 89.2 Å². The number of amides is 2. The molecule has 4 heterocycles. The summed E-state index contributed by atoms with van der Waals surface area (Å²) in [6.45, 7) is 6.61. The molecule has 2 aromatic rings. The van der Waals surface area contributed by atoms with Crippen molar-refractivity contribution in [1.82, 2.24) is 20.0 Å². The number of hydrogen-bond donors (Lipinski definition) is 1. The van der Waals surface area contributed by atoms with Crippen LogP contribution in [0.2, 0.25) is 0 Å². The highest BCUT2D eigenvalue weighted by atomic mass is 35.5. The zero-order valence-corrected chi connectivity index (χ0v) is 24.4. The summed E-state index contributed by atoms with van der Waals surface area (Å²) in [5, 5.41) is 3.61. The van der Waals surface area contributed by atoms with Gasteiger partial charge in [-0.1, -0.05) is 42.5 Å². The third kappa shape index (κ3) is 5.61. The number of likely N-dealkylation sites (tertiary alicyclic amines) is 3. The van der Waals surface area contributed by atoms with Gasteiger partial charge < -0.3 is 19.9 Å². The molecule has 2 amide bonds. The van der Waals surface area contributed by atoms with Crippen LogP contribution >= 0.6 is 12.4 Å². The average Bonchev–Trinajstić information content (AvgIpc) is 3.74. The van der Waals surface area contributed by atoms with Crippen molar-refractivity contribution in [2.24, 2.45) is 11.3 Å². The van der Waals surface area contributed by atoms with Gasteiger partial charge >= 0.3 is 0 Å². The number of halogens is 1. The Morgan fingerprint density at radius 3 is 2.30 bits per heavy atom. The fourth-order valence-electron chi connectivity index (χ4n) is 7.52. The topological polar surface area (TPSA) is 65.1 Å². The van der Waals surface area contributed by atoms with Crippen LogP contribution in [-0.4, -0.2) is 85.5 Å². The Bertz CT molecular complexity index is 1150. The zero-order valence-electron chi connectivity index (χ0n) is 23.6. The van der Waals surface area contributed by atoms with E-state index in [2.05, 4.69) is 45.4 Å². The third-order valence-electron chi connectivity index (χ3n) is 9.85. The molecule has 8 heteroatoms. The van der Waals surface area contributed by atoms with Crippen LogP contribution in [0.1, 0.15) is 49.1 Å². The first-order chi connectivity index (χ1) is 19.1. The summed E-state index contributed by atoms with van der Waals surface area (Å²) in [5.74, 6) is 1.99. The fraction of sp³-hybridized carbons (Fsp3) is 0.562. The van der Waals surface area contributed by atoms with Crippen LogP contribution in [0.4, 0.5) is 0 Å². The molecule has 0 saturated carbocycles. The molecule has 2 aromatic carbocycles. The van der Waals surface area contributed by atoms with Gasteiger partial charge in [0.05, 0.1) is 18.6 Å². The monoisotopic (exact) mass is 566 g/mol. The molecule has 4 aliphatic heterocycles. The van der Waals surface area contributed by atoms with E-state index >= 15 is 0 Å². The van der Waals surface area contributed by atoms with E-state index in [1.165, 1.54) is 5.56 Å². The molecule has 0 bridgehead atoms. The average molecular weight is 567 g/mol. The number of methoxy groups -OCH3 is 1. The molecule has 4 saturated heterocycles. The van der Waals surface area contributed by atoms with E-state index in [4.69, 9.17) is 4.74 Å². The van der Waals surface area contributed by atoms with E-state index in [1.807, 2.05) is 29.2 Å². The molecule has 6 rings (SSSR count). The fourth-order valence-corrected chi connectivity index (χ4v) is 7.52. The number of nitrogens with one attached hydrogen (secondary N) is 1. The van der Waals surface area contributed by atoms with Crippen molar-refractivity contribution >= 4 is 24.2 Å². The Labute approximate surface area is 244 Å². The lowest BCUT2D eigenvalue weighted by atomic mass is 9.75. The molecule has 1 N–H and O–H groups in total. The van der Waals surface area contributed by atoms with Crippen molar-refractivity contribution in [2.75, 3.05) is 52.9 Å². The van der Waals surface area contributed by atoms with Gasteiger partial charge in [0.2, 0.25) is 11.8 Å². The minimum atomic E-state index is -0.281. The number of benzene rings is 2. The minimum Gasteiger partial charge on any atom is -0.497 e. The number of piperidine rings is 1. The first-order valence-corrected chi connectivity index (χ1v) is 14.8. The number of hydrogen-bond acceptors (Lipinski definition) is 5. The molecule has 216 valence electrons. The second-order valence-corrected chi connectivity index (χ2v) is 12.0. The van der Waals surface area contributed by atoms with E-state index in [0.29, 0.717) is 24.3 Å². The second kappa shape index (κ2) is 12.5. The van der Waals surface area contributed by atoms with E-state index in [1.54, 1.807) is 7.11 Å². The summed E-state index contributed by atoms with van der Waals surface area (Å²) in [5.41, 5.74) is 2.17. The van der Waals surface area contributed by atoms with Crippen molar-refractivity contribution in [3.8, 4) is 5.75 Å². The molecule has 7 nitrogen and oxygen atoms in total. The van der Waals surface area contributed by atoms with Gasteiger partial charge in [0.25, 0.3) is 0 Å². The number of carbonyl (C=O) groups excluding carboxylic acids is 2. The Kier molecular flexibility index (Phi) is 9.03. The quantitative estimate of drug-likeness (QED) is 0.550. The summed E-state index contributed by atoms with van der Waals surface area (Å²) < 4.78 is 5.28. The lowest BCUT2D eigenvalue weighted by molar-refractivity contribution is -0.143. The van der Waals surface area contributed by atoms with Gasteiger partial charge in [-0.2, -0.15) is 0 Å². The van der Waals surface area contributed by atoms with Crippen molar-refractivity contribution in [2.45, 2.75) is 50.6 Å². The summed E-state index contributed by atoms with van der Waals surface area (Å²) in [6, 6.07) is 18.6. The Balaban J connectivity index is 0.00000323. The van der Waals surface area contributed by atoms with Crippen molar-refractivity contribution < 1.29 is 14.3 Å². The first-order valence-electron chi connectivity index (χ1n) is 14.8. The van der Waals surface area contributed by atoms with Crippen LogP contribution in [-0.2, 0) is 16.1 Å². The number of rotatable bonds is 7. The molecule has 0 radical (unpaired) electrons. The molecule has 4 aliphatic rings. The normalized spacial score (nSPS) is 25.3. The molecule has 0 aromatic heterocycles. The maximum Gasteiger partial charge on any atom is 0.240 e. The predicted molar refractivity (Wildman–Crippen MR) is 159 cm³/mol. The lowest BCUT2D eigenvalue weighted by Gasteiger charge is -2.44. The van der Waals surface area contributed by atoms with E-state index in [9.17, 15) is 9.59 Å². The van der Waals surface area contributed by atoms with Crippen LogP contribution in [0, 0.1) is 11.3 Å². The van der Waals surface area contributed by atoms with Gasteiger partial charge in [-0.05, 0) is 68.5 Å².